The maximum Gasteiger partial charge on any atom is 0.407 e. The summed E-state index contributed by atoms with van der Waals surface area (Å²) in [6.45, 7) is 8.92. The van der Waals surface area contributed by atoms with E-state index in [4.69, 9.17) is 4.74 Å². The predicted octanol–water partition coefficient (Wildman–Crippen LogP) is 3.27. The molecule has 0 aliphatic carbocycles. The number of carbonyl (C=O) groups excluding carboxylic acids is 1. The summed E-state index contributed by atoms with van der Waals surface area (Å²) in [5, 5.41) is 6.05. The van der Waals surface area contributed by atoms with Crippen LogP contribution in [0.3, 0.4) is 0 Å². The topological polar surface area (TPSA) is 63.2 Å². The molecule has 0 unspecified atom stereocenters. The summed E-state index contributed by atoms with van der Waals surface area (Å²) in [7, 11) is 0. The lowest BCUT2D eigenvalue weighted by Crippen LogP contribution is -2.32. The summed E-state index contributed by atoms with van der Waals surface area (Å²) in [5.74, 6) is 2.95. The number of carbonyl (C=O) groups is 1. The number of nitrogens with one attached hydrogen (secondary N) is 2. The van der Waals surface area contributed by atoms with Crippen molar-refractivity contribution in [3.63, 3.8) is 0 Å². The van der Waals surface area contributed by atoms with E-state index in [1.165, 1.54) is 0 Å². The Bertz CT molecular complexity index is 447. The lowest BCUT2D eigenvalue weighted by atomic mass is 10.2. The molecule has 1 heterocycles. The molecule has 0 aromatic carbocycles. The molecule has 0 aliphatic rings. The number of ether oxygens (including phenoxy) is 1. The van der Waals surface area contributed by atoms with Gasteiger partial charge in [0.1, 0.15) is 11.4 Å². The molecule has 6 heteroatoms. The molecule has 5 nitrogen and oxygen atoms in total. The van der Waals surface area contributed by atoms with Crippen molar-refractivity contribution < 1.29 is 9.53 Å². The van der Waals surface area contributed by atoms with Gasteiger partial charge in [-0.25, -0.2) is 9.78 Å². The molecule has 21 heavy (non-hydrogen) atoms. The van der Waals surface area contributed by atoms with Crippen LogP contribution in [0.2, 0.25) is 0 Å². The number of pyridine rings is 1. The van der Waals surface area contributed by atoms with E-state index < -0.39 is 11.7 Å². The van der Waals surface area contributed by atoms with Crippen molar-refractivity contribution in [2.45, 2.75) is 39.8 Å². The van der Waals surface area contributed by atoms with E-state index in [0.717, 1.165) is 29.4 Å². The number of hydrogen-bond acceptors (Lipinski definition) is 5. The minimum Gasteiger partial charge on any atom is -0.444 e. The lowest BCUT2D eigenvalue weighted by Gasteiger charge is -2.20. The van der Waals surface area contributed by atoms with E-state index in [0.29, 0.717) is 6.54 Å². The molecule has 1 aromatic heterocycles. The van der Waals surface area contributed by atoms with Gasteiger partial charge in [0.15, 0.2) is 0 Å². The summed E-state index contributed by atoms with van der Waals surface area (Å²) in [4.78, 5) is 16.0. The average molecular weight is 311 g/mol. The van der Waals surface area contributed by atoms with E-state index >= 15 is 0 Å². The van der Waals surface area contributed by atoms with Gasteiger partial charge in [-0.15, -0.1) is 0 Å². The van der Waals surface area contributed by atoms with Crippen LogP contribution in [0.4, 0.5) is 10.6 Å². The van der Waals surface area contributed by atoms with Gasteiger partial charge in [-0.3, -0.25) is 0 Å². The number of nitrogens with zero attached hydrogens (tertiary/aromatic N) is 1. The third-order valence-corrected chi connectivity index (χ3v) is 3.36. The van der Waals surface area contributed by atoms with Crippen molar-refractivity contribution in [1.29, 1.82) is 0 Å². The fourth-order valence-electron chi connectivity index (χ4n) is 1.61. The smallest absolute Gasteiger partial charge is 0.407 e. The average Bonchev–Trinajstić information content (AvgIpc) is 2.40. The molecule has 0 saturated carbocycles. The van der Waals surface area contributed by atoms with Crippen LogP contribution in [0.25, 0.3) is 0 Å². The SMILES string of the molecule is CCSCCNc1ncccc1CNC(=O)OC(C)(C)C. The van der Waals surface area contributed by atoms with E-state index in [9.17, 15) is 4.79 Å². The number of amides is 1. The van der Waals surface area contributed by atoms with Crippen molar-refractivity contribution in [3.8, 4) is 0 Å². The molecular weight excluding hydrogens is 286 g/mol. The highest BCUT2D eigenvalue weighted by Crippen LogP contribution is 2.12. The fraction of sp³-hybridized carbons (Fsp3) is 0.600. The first kappa shape index (κ1) is 17.6. The molecule has 1 aromatic rings. The van der Waals surface area contributed by atoms with Crippen molar-refractivity contribution in [2.24, 2.45) is 0 Å². The Balaban J connectivity index is 2.49. The zero-order chi connectivity index (χ0) is 15.7. The van der Waals surface area contributed by atoms with Gasteiger partial charge >= 0.3 is 6.09 Å². The first-order valence-corrected chi connectivity index (χ1v) is 8.30. The Kier molecular flexibility index (Phi) is 7.36. The summed E-state index contributed by atoms with van der Waals surface area (Å²) >= 11 is 1.88. The van der Waals surface area contributed by atoms with Crippen LogP contribution >= 0.6 is 11.8 Å². The molecule has 0 bridgehead atoms. The third-order valence-electron chi connectivity index (χ3n) is 2.46. The number of rotatable bonds is 7. The Hall–Kier alpha value is -1.43. The molecule has 0 radical (unpaired) electrons. The predicted molar refractivity (Wildman–Crippen MR) is 88.8 cm³/mol. The second kappa shape index (κ2) is 8.77. The monoisotopic (exact) mass is 311 g/mol. The van der Waals surface area contributed by atoms with Gasteiger partial charge in [0.25, 0.3) is 0 Å². The van der Waals surface area contributed by atoms with Crippen molar-refractivity contribution >= 4 is 23.7 Å². The number of alkyl carbamates (subject to hydrolysis) is 1. The Morgan fingerprint density at radius 3 is 2.86 bits per heavy atom. The van der Waals surface area contributed by atoms with Crippen LogP contribution in [-0.4, -0.2) is 34.7 Å². The summed E-state index contributed by atoms with van der Waals surface area (Å²) in [5.41, 5.74) is 0.460. The molecule has 1 rings (SSSR count). The molecule has 2 N–H and O–H groups in total. The first-order valence-electron chi connectivity index (χ1n) is 7.14. The normalized spacial score (nSPS) is 11.0. The number of aromatic nitrogens is 1. The van der Waals surface area contributed by atoms with Gasteiger partial charge in [-0.1, -0.05) is 13.0 Å². The fourth-order valence-corrected chi connectivity index (χ4v) is 2.14. The largest absolute Gasteiger partial charge is 0.444 e. The van der Waals surface area contributed by atoms with Crippen LogP contribution in [0.5, 0.6) is 0 Å². The summed E-state index contributed by atoms with van der Waals surface area (Å²) < 4.78 is 5.22. The van der Waals surface area contributed by atoms with Gasteiger partial charge < -0.3 is 15.4 Å². The highest BCUT2D eigenvalue weighted by atomic mass is 32.2. The minimum atomic E-state index is -0.489. The van der Waals surface area contributed by atoms with Crippen molar-refractivity contribution in [2.75, 3.05) is 23.4 Å². The van der Waals surface area contributed by atoms with Gasteiger partial charge in [0.05, 0.1) is 0 Å². The van der Waals surface area contributed by atoms with Crippen LogP contribution in [-0.2, 0) is 11.3 Å². The molecule has 0 atom stereocenters. The van der Waals surface area contributed by atoms with Crippen LogP contribution in [0, 0.1) is 0 Å². The molecule has 118 valence electrons. The van der Waals surface area contributed by atoms with E-state index in [-0.39, 0.29) is 0 Å². The zero-order valence-corrected chi connectivity index (χ0v) is 14.0. The van der Waals surface area contributed by atoms with Crippen molar-refractivity contribution in [3.05, 3.63) is 23.9 Å². The van der Waals surface area contributed by atoms with Crippen LogP contribution < -0.4 is 10.6 Å². The maximum atomic E-state index is 11.7. The Morgan fingerprint density at radius 2 is 2.19 bits per heavy atom. The standard InChI is InChI=1S/C15H25N3O2S/c1-5-21-10-9-17-13-12(7-6-8-16-13)11-18-14(19)20-15(2,3)4/h6-8H,5,9-11H2,1-4H3,(H,16,17)(H,18,19). The molecule has 0 aliphatic heterocycles. The summed E-state index contributed by atoms with van der Waals surface area (Å²) in [6, 6.07) is 3.80. The molecule has 1 amide bonds. The highest BCUT2D eigenvalue weighted by molar-refractivity contribution is 7.99. The maximum absolute atomic E-state index is 11.7. The van der Waals surface area contributed by atoms with Crippen molar-refractivity contribution in [1.82, 2.24) is 10.3 Å². The third kappa shape index (κ3) is 7.80. The quantitative estimate of drug-likeness (QED) is 0.757. The van der Waals surface area contributed by atoms with E-state index in [2.05, 4.69) is 22.5 Å². The van der Waals surface area contributed by atoms with E-state index in [1.807, 2.05) is 44.7 Å². The van der Waals surface area contributed by atoms with Gasteiger partial charge in [-0.2, -0.15) is 11.8 Å². The van der Waals surface area contributed by atoms with Gasteiger partial charge in [0, 0.05) is 30.6 Å². The van der Waals surface area contributed by atoms with Crippen LogP contribution in [0.1, 0.15) is 33.3 Å². The molecule has 0 saturated heterocycles. The Labute approximate surface area is 131 Å². The second-order valence-corrected chi connectivity index (χ2v) is 6.88. The highest BCUT2D eigenvalue weighted by Gasteiger charge is 2.16. The van der Waals surface area contributed by atoms with Gasteiger partial charge in [-0.05, 0) is 32.6 Å². The Morgan fingerprint density at radius 1 is 1.43 bits per heavy atom. The minimum absolute atomic E-state index is 0.395. The van der Waals surface area contributed by atoms with Crippen LogP contribution in [0.15, 0.2) is 18.3 Å². The zero-order valence-electron chi connectivity index (χ0n) is 13.2. The second-order valence-electron chi connectivity index (χ2n) is 5.49. The summed E-state index contributed by atoms with van der Waals surface area (Å²) in [6.07, 6.45) is 1.32. The number of anilines is 1. The number of hydrogen-bond donors (Lipinski definition) is 2. The van der Waals surface area contributed by atoms with E-state index in [1.54, 1.807) is 6.20 Å². The van der Waals surface area contributed by atoms with Gasteiger partial charge in [0.2, 0.25) is 0 Å². The number of thioether (sulfide) groups is 1. The lowest BCUT2D eigenvalue weighted by molar-refractivity contribution is 0.0523. The molecule has 0 spiro atoms. The molecule has 0 fully saturated rings. The first-order chi connectivity index (χ1) is 9.92. The molecular formula is C15H25N3O2S.